The van der Waals surface area contributed by atoms with Gasteiger partial charge in [0, 0.05) is 14.1 Å². The van der Waals surface area contributed by atoms with Crippen molar-refractivity contribution in [2.75, 3.05) is 21.2 Å². The zero-order valence-corrected chi connectivity index (χ0v) is 19.6. The number of nitrogens with zero attached hydrogens (tertiary/aromatic N) is 2. The number of rotatable bonds is 5. The summed E-state index contributed by atoms with van der Waals surface area (Å²) in [6, 6.07) is 3.30. The maximum Gasteiger partial charge on any atom is 0.414 e. The molecule has 0 radical (unpaired) electrons. The van der Waals surface area contributed by atoms with Crippen molar-refractivity contribution in [2.24, 2.45) is 0 Å². The van der Waals surface area contributed by atoms with E-state index in [1.807, 2.05) is 13.8 Å². The quantitative estimate of drug-likeness (QED) is 0.278. The van der Waals surface area contributed by atoms with Crippen LogP contribution in [0.2, 0.25) is 5.02 Å². The highest BCUT2D eigenvalue weighted by molar-refractivity contribution is 7.80. The van der Waals surface area contributed by atoms with E-state index in [9.17, 15) is 9.59 Å². The van der Waals surface area contributed by atoms with E-state index in [4.69, 9.17) is 53.1 Å². The third-order valence-corrected chi connectivity index (χ3v) is 5.11. The molecule has 2 amide bonds. The van der Waals surface area contributed by atoms with Crippen molar-refractivity contribution in [3.63, 3.8) is 0 Å². The molecule has 1 saturated heterocycles. The second-order valence-corrected chi connectivity index (χ2v) is 7.32. The summed E-state index contributed by atoms with van der Waals surface area (Å²) in [6.07, 6.45) is 2.25. The van der Waals surface area contributed by atoms with Gasteiger partial charge in [-0.25, -0.2) is 9.59 Å². The van der Waals surface area contributed by atoms with Crippen molar-refractivity contribution in [1.82, 2.24) is 9.80 Å². The van der Waals surface area contributed by atoms with Crippen LogP contribution in [0, 0.1) is 0 Å². The molecule has 0 spiro atoms. The van der Waals surface area contributed by atoms with Crippen molar-refractivity contribution >= 4 is 58.8 Å². The fourth-order valence-electron chi connectivity index (χ4n) is 2.36. The lowest BCUT2D eigenvalue weighted by atomic mass is 10.1. The van der Waals surface area contributed by atoms with Crippen molar-refractivity contribution in [2.45, 2.75) is 26.4 Å². The lowest BCUT2D eigenvalue weighted by Crippen LogP contribution is -2.52. The van der Waals surface area contributed by atoms with E-state index in [-0.39, 0.29) is 16.8 Å². The van der Waals surface area contributed by atoms with Gasteiger partial charge in [-0.2, -0.15) is 0 Å². The first-order valence-corrected chi connectivity index (χ1v) is 9.96. The monoisotopic (exact) mass is 486 g/mol. The molecule has 1 aliphatic heterocycles. The first kappa shape index (κ1) is 26.9. The summed E-state index contributed by atoms with van der Waals surface area (Å²) in [5, 5.41) is 15.3. The van der Waals surface area contributed by atoms with Gasteiger partial charge in [0.25, 0.3) is 11.8 Å². The number of methoxy groups -OCH3 is 1. The van der Waals surface area contributed by atoms with Crippen LogP contribution in [0.4, 0.5) is 0 Å². The van der Waals surface area contributed by atoms with E-state index in [1.54, 1.807) is 12.1 Å². The first-order chi connectivity index (χ1) is 14.8. The average Bonchev–Trinajstić information content (AvgIpc) is 2.75. The number of halogens is 1. The highest BCUT2D eigenvalue weighted by Gasteiger charge is 2.35. The van der Waals surface area contributed by atoms with Crippen LogP contribution in [0.1, 0.15) is 25.8 Å². The standard InChI is InChI=1S/C18H21ClN2O4S.C2H2O4/c1-6-10(2)25-15-13(19)8-11(9-14(15)24-5)7-12-16(22)20(3)18(26)21(4)17(12)23;3-1(4)2(5)6/h7-10H,6H2,1-5H3;(H,3,4)(H,5,6). The number of carbonyl (C=O) groups excluding carboxylic acids is 2. The molecule has 2 rings (SSSR count). The summed E-state index contributed by atoms with van der Waals surface area (Å²) in [5.41, 5.74) is 0.548. The number of aliphatic carboxylic acids is 2. The molecule has 10 nitrogen and oxygen atoms in total. The Balaban J connectivity index is 0.000000751. The van der Waals surface area contributed by atoms with Gasteiger partial charge in [-0.1, -0.05) is 18.5 Å². The topological polar surface area (TPSA) is 134 Å². The summed E-state index contributed by atoms with van der Waals surface area (Å²) >= 11 is 11.4. The normalized spacial score (nSPS) is 14.4. The molecule has 0 aliphatic carbocycles. The Morgan fingerprint density at radius 1 is 1.16 bits per heavy atom. The Kier molecular flexibility index (Phi) is 9.60. The molecule has 1 aliphatic rings. The number of ether oxygens (including phenoxy) is 2. The molecule has 2 N–H and O–H groups in total. The third kappa shape index (κ3) is 6.41. The number of hydrogen-bond acceptors (Lipinski definition) is 7. The fraction of sp³-hybridized carbons (Fsp3) is 0.350. The minimum Gasteiger partial charge on any atom is -0.493 e. The summed E-state index contributed by atoms with van der Waals surface area (Å²) in [7, 11) is 4.55. The average molecular weight is 487 g/mol. The predicted octanol–water partition coefficient (Wildman–Crippen LogP) is 2.28. The van der Waals surface area contributed by atoms with Gasteiger partial charge >= 0.3 is 11.9 Å². The molecule has 1 aromatic rings. The molecule has 1 atom stereocenters. The minimum absolute atomic E-state index is 0.00249. The van der Waals surface area contributed by atoms with Crippen LogP contribution in [0.15, 0.2) is 17.7 Å². The van der Waals surface area contributed by atoms with Crippen molar-refractivity contribution in [1.29, 1.82) is 0 Å². The zero-order valence-electron chi connectivity index (χ0n) is 18.0. The Morgan fingerprint density at radius 3 is 2.06 bits per heavy atom. The van der Waals surface area contributed by atoms with Crippen molar-refractivity contribution in [3.05, 3.63) is 28.3 Å². The number of carbonyl (C=O) groups is 4. The van der Waals surface area contributed by atoms with E-state index in [0.29, 0.717) is 22.1 Å². The van der Waals surface area contributed by atoms with Crippen LogP contribution < -0.4 is 9.47 Å². The number of hydrogen-bond donors (Lipinski definition) is 2. The third-order valence-electron chi connectivity index (χ3n) is 4.28. The highest BCUT2D eigenvalue weighted by Crippen LogP contribution is 2.38. The van der Waals surface area contributed by atoms with Gasteiger partial charge in [0.05, 0.1) is 18.2 Å². The molecule has 1 unspecified atom stereocenters. The number of likely N-dealkylation sites (N-methyl/N-ethyl adjacent to an activating group) is 2. The molecular formula is C20H23ClN2O8S. The number of carboxylic acid groups (broad SMARTS) is 2. The van der Waals surface area contributed by atoms with Crippen molar-refractivity contribution < 1.29 is 38.9 Å². The Bertz CT molecular complexity index is 941. The number of thiocarbonyl (C=S) groups is 1. The Hall–Kier alpha value is -3.18. The number of amides is 2. The van der Waals surface area contributed by atoms with Crippen LogP contribution in [-0.4, -0.2) is 76.2 Å². The molecule has 174 valence electrons. The van der Waals surface area contributed by atoms with Crippen molar-refractivity contribution in [3.8, 4) is 11.5 Å². The molecule has 1 aromatic carbocycles. The molecule has 1 heterocycles. The van der Waals surface area contributed by atoms with Crippen LogP contribution in [0.5, 0.6) is 11.5 Å². The SMILES string of the molecule is CCC(C)Oc1c(Cl)cc(C=C2C(=O)N(C)C(=S)N(C)C2=O)cc1OC.O=C(O)C(=O)O. The second kappa shape index (κ2) is 11.4. The van der Waals surface area contributed by atoms with Gasteiger partial charge < -0.3 is 19.7 Å². The van der Waals surface area contributed by atoms with Crippen LogP contribution >= 0.6 is 23.8 Å². The molecule has 0 bridgehead atoms. The summed E-state index contributed by atoms with van der Waals surface area (Å²) in [4.78, 5) is 45.5. The van der Waals surface area contributed by atoms with Crippen LogP contribution in [-0.2, 0) is 19.2 Å². The summed E-state index contributed by atoms with van der Waals surface area (Å²) < 4.78 is 11.2. The van der Waals surface area contributed by atoms with Gasteiger partial charge in [-0.15, -0.1) is 0 Å². The van der Waals surface area contributed by atoms with Gasteiger partial charge in [0.2, 0.25) is 0 Å². The number of benzene rings is 1. The van der Waals surface area contributed by atoms with E-state index in [0.717, 1.165) is 6.42 Å². The van der Waals surface area contributed by atoms with E-state index >= 15 is 0 Å². The minimum atomic E-state index is -1.82. The largest absolute Gasteiger partial charge is 0.493 e. The zero-order chi connectivity index (χ0) is 24.7. The molecule has 32 heavy (non-hydrogen) atoms. The summed E-state index contributed by atoms with van der Waals surface area (Å²) in [5.74, 6) is -3.72. The number of carboxylic acids is 2. The maximum atomic E-state index is 12.4. The lowest BCUT2D eigenvalue weighted by molar-refractivity contribution is -0.159. The Morgan fingerprint density at radius 2 is 1.66 bits per heavy atom. The maximum absolute atomic E-state index is 12.4. The Labute approximate surface area is 194 Å². The van der Waals surface area contributed by atoms with E-state index in [2.05, 4.69) is 0 Å². The van der Waals surface area contributed by atoms with E-state index in [1.165, 1.54) is 37.1 Å². The van der Waals surface area contributed by atoms with E-state index < -0.39 is 23.8 Å². The molecule has 0 aromatic heterocycles. The predicted molar refractivity (Wildman–Crippen MR) is 120 cm³/mol. The second-order valence-electron chi connectivity index (χ2n) is 6.55. The van der Waals surface area contributed by atoms with Gasteiger partial charge in [0.1, 0.15) is 5.57 Å². The fourth-order valence-corrected chi connectivity index (χ4v) is 2.79. The molecule has 12 heteroatoms. The smallest absolute Gasteiger partial charge is 0.414 e. The van der Waals surface area contributed by atoms with Gasteiger partial charge in [-0.3, -0.25) is 19.4 Å². The summed E-state index contributed by atoms with van der Waals surface area (Å²) in [6.45, 7) is 3.93. The first-order valence-electron chi connectivity index (χ1n) is 9.17. The van der Waals surface area contributed by atoms with Gasteiger partial charge in [-0.05, 0) is 49.3 Å². The highest BCUT2D eigenvalue weighted by atomic mass is 35.5. The van der Waals surface area contributed by atoms with Gasteiger partial charge in [0.15, 0.2) is 16.6 Å². The van der Waals surface area contributed by atoms with Crippen LogP contribution in [0.25, 0.3) is 6.08 Å². The molecule has 1 fully saturated rings. The van der Waals surface area contributed by atoms with Crippen LogP contribution in [0.3, 0.4) is 0 Å². The molecular weight excluding hydrogens is 464 g/mol. The molecule has 0 saturated carbocycles. The lowest BCUT2D eigenvalue weighted by Gasteiger charge is -2.31.